The van der Waals surface area contributed by atoms with Crippen molar-refractivity contribution in [2.45, 2.75) is 0 Å². The largest absolute Gasteiger partial charge is 0.465 e. The van der Waals surface area contributed by atoms with Crippen LogP contribution in [0.15, 0.2) is 16.6 Å². The summed E-state index contributed by atoms with van der Waals surface area (Å²) in [6, 6.07) is 2.79. The number of methoxy groups -OCH3 is 1. The van der Waals surface area contributed by atoms with Gasteiger partial charge >= 0.3 is 5.97 Å². The van der Waals surface area contributed by atoms with E-state index >= 15 is 0 Å². The van der Waals surface area contributed by atoms with Crippen LogP contribution in [-0.4, -0.2) is 18.1 Å². The summed E-state index contributed by atoms with van der Waals surface area (Å²) >= 11 is 3.08. The maximum Gasteiger partial charge on any atom is 0.342 e. The molecule has 3 N–H and O–H groups in total. The molecule has 4 nitrogen and oxygen atoms in total. The van der Waals surface area contributed by atoms with Crippen molar-refractivity contribution in [2.75, 3.05) is 12.8 Å². The van der Waals surface area contributed by atoms with Crippen LogP contribution in [0.1, 0.15) is 10.4 Å². The highest BCUT2D eigenvalue weighted by atomic mass is 79.9. The van der Waals surface area contributed by atoms with Gasteiger partial charge in [-0.05, 0) is 28.1 Å². The summed E-state index contributed by atoms with van der Waals surface area (Å²) in [5, 5.41) is 0.393. The van der Waals surface area contributed by atoms with Crippen LogP contribution in [0.5, 0.6) is 0 Å². The molecule has 0 aliphatic rings. The third kappa shape index (κ3) is 1.46. The minimum atomic E-state index is -0.602. The van der Waals surface area contributed by atoms with Crippen molar-refractivity contribution >= 4 is 38.6 Å². The molecular weight excluding hydrogens is 279 g/mol. The Morgan fingerprint density at radius 3 is 2.88 bits per heavy atom. The molecule has 0 amide bonds. The van der Waals surface area contributed by atoms with Crippen molar-refractivity contribution in [1.29, 1.82) is 0 Å². The van der Waals surface area contributed by atoms with Gasteiger partial charge in [-0.2, -0.15) is 0 Å². The number of carbonyl (C=O) groups is 1. The van der Waals surface area contributed by atoms with Crippen LogP contribution in [0.25, 0.3) is 10.9 Å². The zero-order valence-electron chi connectivity index (χ0n) is 8.30. The highest BCUT2D eigenvalue weighted by molar-refractivity contribution is 9.10. The summed E-state index contributed by atoms with van der Waals surface area (Å²) in [4.78, 5) is 14.3. The molecule has 1 heterocycles. The number of nitrogens with one attached hydrogen (secondary N) is 1. The number of fused-ring (bicyclic) bond motifs is 1. The van der Waals surface area contributed by atoms with E-state index in [0.717, 1.165) is 0 Å². The second kappa shape index (κ2) is 3.79. The Labute approximate surface area is 98.7 Å². The first-order valence-corrected chi connectivity index (χ1v) is 5.19. The molecule has 2 rings (SSSR count). The van der Waals surface area contributed by atoms with Crippen LogP contribution in [0.3, 0.4) is 0 Å². The lowest BCUT2D eigenvalue weighted by Gasteiger charge is -2.00. The molecule has 0 spiro atoms. The summed E-state index contributed by atoms with van der Waals surface area (Å²) in [6.07, 6.45) is 0. The van der Waals surface area contributed by atoms with E-state index in [1.165, 1.54) is 19.2 Å². The average molecular weight is 287 g/mol. The maximum absolute atomic E-state index is 13.4. The van der Waals surface area contributed by atoms with E-state index in [1.807, 2.05) is 0 Å². The number of halogens is 2. The third-order valence-electron chi connectivity index (χ3n) is 2.27. The summed E-state index contributed by atoms with van der Waals surface area (Å²) in [6.45, 7) is 0. The Morgan fingerprint density at radius 1 is 1.56 bits per heavy atom. The zero-order valence-corrected chi connectivity index (χ0v) is 9.89. The van der Waals surface area contributed by atoms with E-state index in [1.54, 1.807) is 0 Å². The van der Waals surface area contributed by atoms with Crippen molar-refractivity contribution in [3.8, 4) is 0 Å². The summed E-state index contributed by atoms with van der Waals surface area (Å²) in [5.74, 6) is -0.903. The minimum absolute atomic E-state index is 0.142. The second-order valence-electron chi connectivity index (χ2n) is 3.19. The number of hydrogen-bond donors (Lipinski definition) is 2. The van der Waals surface area contributed by atoms with E-state index in [2.05, 4.69) is 25.7 Å². The third-order valence-corrected chi connectivity index (χ3v) is 3.05. The molecule has 0 radical (unpaired) electrons. The molecule has 0 aliphatic heterocycles. The quantitative estimate of drug-likeness (QED) is 0.791. The number of esters is 1. The second-order valence-corrected chi connectivity index (χ2v) is 3.98. The molecule has 0 aliphatic carbocycles. The van der Waals surface area contributed by atoms with Crippen molar-refractivity contribution in [1.82, 2.24) is 4.98 Å². The fourth-order valence-corrected chi connectivity index (χ4v) is 2.10. The Morgan fingerprint density at radius 2 is 2.25 bits per heavy atom. The SMILES string of the molecule is COC(=O)c1c(N)[nH]c2ccc(F)c(Br)c12. The van der Waals surface area contributed by atoms with Crippen molar-refractivity contribution in [3.63, 3.8) is 0 Å². The van der Waals surface area contributed by atoms with Crippen LogP contribution in [0, 0.1) is 5.82 Å². The van der Waals surface area contributed by atoms with Crippen LogP contribution >= 0.6 is 15.9 Å². The molecule has 0 atom stereocenters. The number of benzene rings is 1. The van der Waals surface area contributed by atoms with Crippen molar-refractivity contribution < 1.29 is 13.9 Å². The van der Waals surface area contributed by atoms with Gasteiger partial charge < -0.3 is 15.5 Å². The number of aromatic nitrogens is 1. The molecule has 16 heavy (non-hydrogen) atoms. The van der Waals surface area contributed by atoms with E-state index in [4.69, 9.17) is 5.73 Å². The standard InChI is InChI=1S/C10H8BrFN2O2/c1-16-10(15)7-6-5(14-9(7)13)3-2-4(12)8(6)11/h2-3,14H,13H2,1H3. The zero-order chi connectivity index (χ0) is 11.9. The lowest BCUT2D eigenvalue weighted by atomic mass is 10.1. The van der Waals surface area contributed by atoms with Gasteiger partial charge in [-0.25, -0.2) is 9.18 Å². The molecule has 84 valence electrons. The van der Waals surface area contributed by atoms with Crippen LogP contribution in [0.4, 0.5) is 10.2 Å². The molecule has 0 saturated carbocycles. The van der Waals surface area contributed by atoms with Gasteiger partial charge in [0.1, 0.15) is 17.2 Å². The first-order chi connectivity index (χ1) is 7.56. The normalized spacial score (nSPS) is 10.7. The summed E-state index contributed by atoms with van der Waals surface area (Å²) < 4.78 is 18.1. The molecule has 1 aromatic carbocycles. The van der Waals surface area contributed by atoms with Crippen LogP contribution in [0.2, 0.25) is 0 Å². The van der Waals surface area contributed by atoms with E-state index in [0.29, 0.717) is 10.9 Å². The predicted octanol–water partition coefficient (Wildman–Crippen LogP) is 2.44. The molecule has 2 aromatic rings. The molecule has 6 heteroatoms. The Kier molecular flexibility index (Phi) is 2.59. The Hall–Kier alpha value is -1.56. The molecular formula is C10H8BrFN2O2. The van der Waals surface area contributed by atoms with Crippen LogP contribution < -0.4 is 5.73 Å². The smallest absolute Gasteiger partial charge is 0.342 e. The number of nitrogen functional groups attached to an aromatic ring is 1. The van der Waals surface area contributed by atoms with E-state index in [9.17, 15) is 9.18 Å². The fraction of sp³-hybridized carbons (Fsp3) is 0.100. The summed E-state index contributed by atoms with van der Waals surface area (Å²) in [5.41, 5.74) is 6.37. The van der Waals surface area contributed by atoms with Gasteiger partial charge in [0, 0.05) is 10.9 Å². The lowest BCUT2D eigenvalue weighted by Crippen LogP contribution is -2.04. The molecule has 0 fully saturated rings. The highest BCUT2D eigenvalue weighted by Gasteiger charge is 2.20. The number of anilines is 1. The maximum atomic E-state index is 13.4. The molecule has 0 unspecified atom stereocenters. The lowest BCUT2D eigenvalue weighted by molar-refractivity contribution is 0.0604. The van der Waals surface area contributed by atoms with E-state index < -0.39 is 11.8 Å². The van der Waals surface area contributed by atoms with Gasteiger partial charge in [0.05, 0.1) is 11.6 Å². The number of rotatable bonds is 1. The number of hydrogen-bond acceptors (Lipinski definition) is 3. The van der Waals surface area contributed by atoms with Gasteiger partial charge in [-0.3, -0.25) is 0 Å². The number of ether oxygens (including phenoxy) is 1. The van der Waals surface area contributed by atoms with Gasteiger partial charge in [-0.15, -0.1) is 0 Å². The Bertz CT molecular complexity index is 580. The van der Waals surface area contributed by atoms with E-state index in [-0.39, 0.29) is 15.9 Å². The molecule has 1 aromatic heterocycles. The number of carbonyl (C=O) groups excluding carboxylic acids is 1. The van der Waals surface area contributed by atoms with Crippen LogP contribution in [-0.2, 0) is 4.74 Å². The summed E-state index contributed by atoms with van der Waals surface area (Å²) in [7, 11) is 1.24. The topological polar surface area (TPSA) is 68.1 Å². The first kappa shape index (κ1) is 10.9. The van der Waals surface area contributed by atoms with Crippen molar-refractivity contribution in [3.05, 3.63) is 28.0 Å². The number of H-pyrrole nitrogens is 1. The molecule has 0 bridgehead atoms. The average Bonchev–Trinajstić information content (AvgIpc) is 2.60. The van der Waals surface area contributed by atoms with Gasteiger partial charge in [-0.1, -0.05) is 0 Å². The van der Waals surface area contributed by atoms with Gasteiger partial charge in [0.15, 0.2) is 0 Å². The monoisotopic (exact) mass is 286 g/mol. The van der Waals surface area contributed by atoms with Crippen molar-refractivity contribution in [2.24, 2.45) is 0 Å². The predicted molar refractivity (Wildman–Crippen MR) is 61.7 cm³/mol. The first-order valence-electron chi connectivity index (χ1n) is 4.39. The van der Waals surface area contributed by atoms with Gasteiger partial charge in [0.2, 0.25) is 0 Å². The molecule has 0 saturated heterocycles. The van der Waals surface area contributed by atoms with Gasteiger partial charge in [0.25, 0.3) is 0 Å². The highest BCUT2D eigenvalue weighted by Crippen LogP contribution is 2.33. The fourth-order valence-electron chi connectivity index (χ4n) is 1.56. The number of nitrogens with two attached hydrogens (primary N) is 1. The Balaban J connectivity index is 2.86. The minimum Gasteiger partial charge on any atom is -0.465 e. The number of aromatic amines is 1.